The first-order chi connectivity index (χ1) is 12.8. The Morgan fingerprint density at radius 3 is 1.38 bits per heavy atom. The van der Waals surface area contributed by atoms with E-state index in [1.807, 2.05) is 6.08 Å². The second-order valence-electron chi connectivity index (χ2n) is 6.00. The molecule has 0 spiro atoms. The van der Waals surface area contributed by atoms with Gasteiger partial charge in [0.25, 0.3) is 0 Å². The first-order valence-electron chi connectivity index (χ1n) is 8.86. The van der Waals surface area contributed by atoms with Crippen LogP contribution < -0.4 is 15.9 Å². The van der Waals surface area contributed by atoms with Crippen LogP contribution in [0.3, 0.4) is 0 Å². The Balaban J connectivity index is 2.47. The maximum absolute atomic E-state index is 3.98. The molecular formula is C25H24P+. The Kier molecular flexibility index (Phi) is 6.00. The molecule has 3 aromatic carbocycles. The van der Waals surface area contributed by atoms with E-state index >= 15 is 0 Å². The largest absolute Gasteiger partial charge is 0.144 e. The molecule has 0 aliphatic rings. The van der Waals surface area contributed by atoms with E-state index in [4.69, 9.17) is 0 Å². The Morgan fingerprint density at radius 1 is 0.692 bits per heavy atom. The Bertz CT molecular complexity index is 794. The van der Waals surface area contributed by atoms with Crippen LogP contribution in [0.5, 0.6) is 0 Å². The summed E-state index contributed by atoms with van der Waals surface area (Å²) in [5, 5.41) is 5.36. The molecule has 0 atom stereocenters. The standard InChI is InChI=1S/C25H24P/c1-3-14-22(15-4-2)26(23-16-8-5-9-17-23,24-18-10-6-11-19-24)25-20-12-7-13-21-25/h3-21H,1H2,2H3/q+1/b15-4+,22-14+. The van der Waals surface area contributed by atoms with Crippen molar-refractivity contribution in [2.75, 3.05) is 0 Å². The highest BCUT2D eigenvalue weighted by Gasteiger charge is 2.48. The summed E-state index contributed by atoms with van der Waals surface area (Å²) in [6.45, 7) is 6.06. The third kappa shape index (κ3) is 3.34. The smallest absolute Gasteiger partial charge is 0.0989 e. The zero-order valence-electron chi connectivity index (χ0n) is 15.1. The summed E-state index contributed by atoms with van der Waals surface area (Å²) in [4.78, 5) is 0. The average molecular weight is 355 g/mol. The van der Waals surface area contributed by atoms with Gasteiger partial charge in [0.1, 0.15) is 28.5 Å². The van der Waals surface area contributed by atoms with E-state index in [1.54, 1.807) is 0 Å². The zero-order chi connectivity index (χ0) is 18.2. The van der Waals surface area contributed by atoms with Crippen molar-refractivity contribution in [2.24, 2.45) is 0 Å². The van der Waals surface area contributed by atoms with Gasteiger partial charge in [-0.15, -0.1) is 0 Å². The van der Waals surface area contributed by atoms with E-state index in [-0.39, 0.29) is 0 Å². The van der Waals surface area contributed by atoms with Crippen LogP contribution in [0.15, 0.2) is 127 Å². The summed E-state index contributed by atoms with van der Waals surface area (Å²) < 4.78 is 0. The highest BCUT2D eigenvalue weighted by Crippen LogP contribution is 2.62. The molecule has 0 unspecified atom stereocenters. The van der Waals surface area contributed by atoms with Crippen LogP contribution in [-0.2, 0) is 0 Å². The molecule has 0 heterocycles. The van der Waals surface area contributed by atoms with Gasteiger partial charge in [0.2, 0.25) is 0 Å². The van der Waals surface area contributed by atoms with Gasteiger partial charge in [-0.1, -0.05) is 73.3 Å². The first kappa shape index (κ1) is 18.1. The molecule has 26 heavy (non-hydrogen) atoms. The van der Waals surface area contributed by atoms with Crippen molar-refractivity contribution < 1.29 is 0 Å². The van der Waals surface area contributed by atoms with E-state index in [9.17, 15) is 0 Å². The minimum absolute atomic E-state index is 1.30. The molecule has 0 aliphatic carbocycles. The van der Waals surface area contributed by atoms with E-state index in [0.29, 0.717) is 0 Å². The van der Waals surface area contributed by atoms with Gasteiger partial charge < -0.3 is 0 Å². The van der Waals surface area contributed by atoms with Gasteiger partial charge in [-0.25, -0.2) is 0 Å². The zero-order valence-corrected chi connectivity index (χ0v) is 16.0. The second kappa shape index (κ2) is 8.61. The van der Waals surface area contributed by atoms with E-state index in [0.717, 1.165) is 0 Å². The molecule has 0 fully saturated rings. The molecule has 0 N–H and O–H groups in total. The molecule has 128 valence electrons. The van der Waals surface area contributed by atoms with Gasteiger partial charge in [0, 0.05) is 0 Å². The van der Waals surface area contributed by atoms with Crippen molar-refractivity contribution in [2.45, 2.75) is 6.92 Å². The fraction of sp³-hybridized carbons (Fsp3) is 0.0400. The molecule has 0 bridgehead atoms. The number of hydrogen-bond donors (Lipinski definition) is 0. The summed E-state index contributed by atoms with van der Waals surface area (Å²) in [7, 11) is -1.99. The van der Waals surface area contributed by atoms with Crippen LogP contribution in [0, 0.1) is 0 Å². The van der Waals surface area contributed by atoms with Crippen molar-refractivity contribution >= 4 is 23.2 Å². The van der Waals surface area contributed by atoms with Gasteiger partial charge in [0.05, 0.1) is 0 Å². The highest BCUT2D eigenvalue weighted by molar-refractivity contribution is 7.99. The van der Waals surface area contributed by atoms with E-state index in [1.165, 1.54) is 21.2 Å². The van der Waals surface area contributed by atoms with Crippen LogP contribution in [0.1, 0.15) is 6.92 Å². The summed E-state index contributed by atoms with van der Waals surface area (Å²) in [5.74, 6) is 0. The number of allylic oxidation sites excluding steroid dienone is 5. The van der Waals surface area contributed by atoms with Gasteiger partial charge in [-0.2, -0.15) is 0 Å². The summed E-state index contributed by atoms with van der Waals surface area (Å²) >= 11 is 0. The highest BCUT2D eigenvalue weighted by atomic mass is 31.2. The third-order valence-electron chi connectivity index (χ3n) is 4.44. The number of hydrogen-bond acceptors (Lipinski definition) is 0. The second-order valence-corrected chi connectivity index (χ2v) is 9.41. The molecule has 0 nitrogen and oxygen atoms in total. The van der Waals surface area contributed by atoms with Crippen molar-refractivity contribution in [3.8, 4) is 0 Å². The molecule has 0 aliphatic heterocycles. The number of rotatable bonds is 6. The maximum atomic E-state index is 3.98. The van der Waals surface area contributed by atoms with Gasteiger partial charge >= 0.3 is 0 Å². The van der Waals surface area contributed by atoms with Crippen LogP contribution in [0.2, 0.25) is 0 Å². The lowest BCUT2D eigenvalue weighted by molar-refractivity contribution is 1.67. The quantitative estimate of drug-likeness (QED) is 0.397. The Hall–Kier alpha value is -2.69. The summed E-state index contributed by atoms with van der Waals surface area (Å²) in [6.07, 6.45) is 8.43. The van der Waals surface area contributed by atoms with Crippen molar-refractivity contribution in [3.05, 3.63) is 127 Å². The predicted molar refractivity (Wildman–Crippen MR) is 118 cm³/mol. The molecule has 0 aromatic heterocycles. The molecule has 0 saturated heterocycles. The van der Waals surface area contributed by atoms with Crippen LogP contribution in [-0.4, -0.2) is 0 Å². The van der Waals surface area contributed by atoms with Crippen LogP contribution in [0.25, 0.3) is 0 Å². The lowest BCUT2D eigenvalue weighted by atomic mass is 10.3. The Morgan fingerprint density at radius 2 is 1.08 bits per heavy atom. The monoisotopic (exact) mass is 355 g/mol. The fourth-order valence-electron chi connectivity index (χ4n) is 3.42. The minimum atomic E-state index is -1.99. The number of benzene rings is 3. The topological polar surface area (TPSA) is 0 Å². The van der Waals surface area contributed by atoms with Crippen LogP contribution in [0.4, 0.5) is 0 Å². The molecule has 0 saturated carbocycles. The summed E-state index contributed by atoms with van der Waals surface area (Å²) in [5.41, 5.74) is 0. The molecule has 3 aromatic rings. The van der Waals surface area contributed by atoms with Gasteiger partial charge in [0.15, 0.2) is 0 Å². The molecular weight excluding hydrogens is 331 g/mol. The van der Waals surface area contributed by atoms with E-state index < -0.39 is 7.26 Å². The predicted octanol–water partition coefficient (Wildman–Crippen LogP) is 5.63. The summed E-state index contributed by atoms with van der Waals surface area (Å²) in [6, 6.07) is 32.6. The van der Waals surface area contributed by atoms with Crippen molar-refractivity contribution in [1.29, 1.82) is 0 Å². The Labute approximate surface area is 157 Å². The van der Waals surface area contributed by atoms with E-state index in [2.05, 4.69) is 123 Å². The van der Waals surface area contributed by atoms with Crippen LogP contribution >= 0.6 is 7.26 Å². The van der Waals surface area contributed by atoms with Gasteiger partial charge in [-0.3, -0.25) is 0 Å². The average Bonchev–Trinajstić information content (AvgIpc) is 2.71. The van der Waals surface area contributed by atoms with Crippen molar-refractivity contribution in [1.82, 2.24) is 0 Å². The van der Waals surface area contributed by atoms with Crippen molar-refractivity contribution in [3.63, 3.8) is 0 Å². The van der Waals surface area contributed by atoms with Gasteiger partial charge in [-0.05, 0) is 55.5 Å². The SMILES string of the molecule is C=C/C=C(\C=C\C)[P+](c1ccccc1)(c1ccccc1)c1ccccc1. The fourth-order valence-corrected chi connectivity index (χ4v) is 7.77. The normalized spacial score (nSPS) is 12.3. The molecule has 0 amide bonds. The lowest BCUT2D eigenvalue weighted by Gasteiger charge is -2.28. The maximum Gasteiger partial charge on any atom is 0.144 e. The third-order valence-corrected chi connectivity index (χ3v) is 8.73. The molecule has 0 radical (unpaired) electrons. The lowest BCUT2D eigenvalue weighted by Crippen LogP contribution is -2.32. The molecule has 1 heteroatoms. The molecule has 3 rings (SSSR count). The first-order valence-corrected chi connectivity index (χ1v) is 10.6. The minimum Gasteiger partial charge on any atom is -0.0989 e.